The molecule has 0 spiro atoms. The van der Waals surface area contributed by atoms with Crippen molar-refractivity contribution in [3.05, 3.63) is 0 Å². The van der Waals surface area contributed by atoms with Crippen LogP contribution in [-0.4, -0.2) is 36.7 Å². The van der Waals surface area contributed by atoms with Gasteiger partial charge in [-0.3, -0.25) is 4.90 Å². The summed E-state index contributed by atoms with van der Waals surface area (Å²) in [6, 6.07) is 1.26. The number of nitrogens with zero attached hydrogens (tertiary/aromatic N) is 1. The van der Waals surface area contributed by atoms with Crippen molar-refractivity contribution >= 4 is 0 Å². The summed E-state index contributed by atoms with van der Waals surface area (Å²) < 4.78 is 5.61. The van der Waals surface area contributed by atoms with E-state index in [1.54, 1.807) is 0 Å². The zero-order chi connectivity index (χ0) is 9.84. The molecule has 0 N–H and O–H groups in total. The summed E-state index contributed by atoms with van der Waals surface area (Å²) in [5, 5.41) is 0. The van der Waals surface area contributed by atoms with E-state index in [2.05, 4.69) is 32.6 Å². The van der Waals surface area contributed by atoms with Crippen molar-refractivity contribution in [2.75, 3.05) is 19.8 Å². The van der Waals surface area contributed by atoms with E-state index in [1.807, 2.05) is 0 Å². The molecule has 0 radical (unpaired) electrons. The van der Waals surface area contributed by atoms with Crippen LogP contribution in [0.1, 0.15) is 34.1 Å². The fourth-order valence-corrected chi connectivity index (χ4v) is 2.03. The summed E-state index contributed by atoms with van der Waals surface area (Å²) in [6.07, 6.45) is 1.18. The van der Waals surface area contributed by atoms with Gasteiger partial charge >= 0.3 is 0 Å². The van der Waals surface area contributed by atoms with E-state index in [-0.39, 0.29) is 0 Å². The Kier molecular flexibility index (Phi) is 4.20. The zero-order valence-corrected chi connectivity index (χ0v) is 9.42. The van der Waals surface area contributed by atoms with Gasteiger partial charge in [-0.2, -0.15) is 0 Å². The lowest BCUT2D eigenvalue weighted by Crippen LogP contribution is -2.45. The minimum absolute atomic E-state index is 0.613. The van der Waals surface area contributed by atoms with Gasteiger partial charge in [0.15, 0.2) is 0 Å². The maximum atomic E-state index is 5.61. The molecule has 78 valence electrons. The lowest BCUT2D eigenvalue weighted by Gasteiger charge is -2.35. The molecule has 13 heavy (non-hydrogen) atoms. The Morgan fingerprint density at radius 1 is 1.23 bits per heavy atom. The molecular formula is C11H23NO. The molecular weight excluding hydrogens is 162 g/mol. The molecule has 2 nitrogen and oxygen atoms in total. The van der Waals surface area contributed by atoms with Gasteiger partial charge in [0, 0.05) is 25.2 Å². The Morgan fingerprint density at radius 2 is 1.92 bits per heavy atom. The van der Waals surface area contributed by atoms with Crippen LogP contribution in [0.25, 0.3) is 0 Å². The van der Waals surface area contributed by atoms with E-state index < -0.39 is 0 Å². The maximum absolute atomic E-state index is 5.61. The highest BCUT2D eigenvalue weighted by molar-refractivity contribution is 4.79. The SMILES string of the molecule is CC(C)[C@@H]1COCCCN1C(C)C. The molecule has 0 aromatic rings. The van der Waals surface area contributed by atoms with Crippen molar-refractivity contribution in [3.63, 3.8) is 0 Å². The minimum atomic E-state index is 0.613. The van der Waals surface area contributed by atoms with Gasteiger partial charge in [0.05, 0.1) is 6.61 Å². The van der Waals surface area contributed by atoms with Crippen molar-refractivity contribution in [3.8, 4) is 0 Å². The van der Waals surface area contributed by atoms with Crippen LogP contribution in [-0.2, 0) is 4.74 Å². The van der Waals surface area contributed by atoms with Crippen LogP contribution in [0.3, 0.4) is 0 Å². The van der Waals surface area contributed by atoms with Gasteiger partial charge in [0.1, 0.15) is 0 Å². The molecule has 0 amide bonds. The zero-order valence-electron chi connectivity index (χ0n) is 9.42. The number of rotatable bonds is 2. The van der Waals surface area contributed by atoms with E-state index in [9.17, 15) is 0 Å². The minimum Gasteiger partial charge on any atom is -0.380 e. The molecule has 0 saturated carbocycles. The first-order valence-corrected chi connectivity index (χ1v) is 5.46. The van der Waals surface area contributed by atoms with Crippen LogP contribution in [0.15, 0.2) is 0 Å². The predicted molar refractivity (Wildman–Crippen MR) is 55.9 cm³/mol. The van der Waals surface area contributed by atoms with Crippen molar-refractivity contribution < 1.29 is 4.74 Å². The third-order valence-corrected chi connectivity index (χ3v) is 2.85. The molecule has 2 heteroatoms. The standard InChI is InChI=1S/C11H23NO/c1-9(2)11-8-13-7-5-6-12(11)10(3)4/h9-11H,5-8H2,1-4H3/t11-/m0/s1. The second-order valence-corrected chi connectivity index (χ2v) is 4.57. The highest BCUT2D eigenvalue weighted by Crippen LogP contribution is 2.17. The van der Waals surface area contributed by atoms with Crippen LogP contribution in [0.4, 0.5) is 0 Å². The molecule has 1 saturated heterocycles. The van der Waals surface area contributed by atoms with Gasteiger partial charge < -0.3 is 4.74 Å². The Hall–Kier alpha value is -0.0800. The summed E-state index contributed by atoms with van der Waals surface area (Å²) in [4.78, 5) is 2.58. The summed E-state index contributed by atoms with van der Waals surface area (Å²) in [6.45, 7) is 12.2. The van der Waals surface area contributed by atoms with Crippen molar-refractivity contribution in [2.24, 2.45) is 5.92 Å². The van der Waals surface area contributed by atoms with Crippen LogP contribution >= 0.6 is 0 Å². The van der Waals surface area contributed by atoms with E-state index in [4.69, 9.17) is 4.74 Å². The van der Waals surface area contributed by atoms with Crippen LogP contribution in [0, 0.1) is 5.92 Å². The first kappa shape index (κ1) is 11.0. The molecule has 0 aromatic carbocycles. The molecule has 0 bridgehead atoms. The van der Waals surface area contributed by atoms with Gasteiger partial charge in [-0.1, -0.05) is 13.8 Å². The Labute approximate surface area is 82.3 Å². The number of hydrogen-bond acceptors (Lipinski definition) is 2. The topological polar surface area (TPSA) is 12.5 Å². The van der Waals surface area contributed by atoms with Crippen molar-refractivity contribution in [2.45, 2.75) is 46.2 Å². The third kappa shape index (κ3) is 2.96. The van der Waals surface area contributed by atoms with Gasteiger partial charge in [0.25, 0.3) is 0 Å². The van der Waals surface area contributed by atoms with Gasteiger partial charge in [-0.25, -0.2) is 0 Å². The molecule has 0 aromatic heterocycles. The Bertz CT molecular complexity index is 129. The fraction of sp³-hybridized carbons (Fsp3) is 1.00. The summed E-state index contributed by atoms with van der Waals surface area (Å²) >= 11 is 0. The Balaban J connectivity index is 2.61. The van der Waals surface area contributed by atoms with Crippen LogP contribution in [0.2, 0.25) is 0 Å². The summed E-state index contributed by atoms with van der Waals surface area (Å²) in [5.41, 5.74) is 0. The quantitative estimate of drug-likeness (QED) is 0.653. The molecule has 1 aliphatic rings. The molecule has 1 rings (SSSR count). The van der Waals surface area contributed by atoms with E-state index in [1.165, 1.54) is 13.0 Å². The molecule has 1 fully saturated rings. The summed E-state index contributed by atoms with van der Waals surface area (Å²) in [7, 11) is 0. The molecule has 0 unspecified atom stereocenters. The monoisotopic (exact) mass is 185 g/mol. The largest absolute Gasteiger partial charge is 0.380 e. The van der Waals surface area contributed by atoms with Crippen molar-refractivity contribution in [1.82, 2.24) is 4.90 Å². The average molecular weight is 185 g/mol. The lowest BCUT2D eigenvalue weighted by molar-refractivity contribution is 0.0628. The second-order valence-electron chi connectivity index (χ2n) is 4.57. The van der Waals surface area contributed by atoms with E-state index in [0.29, 0.717) is 18.0 Å². The molecule has 1 atom stereocenters. The van der Waals surface area contributed by atoms with Crippen LogP contribution in [0.5, 0.6) is 0 Å². The van der Waals surface area contributed by atoms with E-state index in [0.717, 1.165) is 13.2 Å². The smallest absolute Gasteiger partial charge is 0.0624 e. The normalized spacial score (nSPS) is 26.8. The highest BCUT2D eigenvalue weighted by atomic mass is 16.5. The van der Waals surface area contributed by atoms with Crippen molar-refractivity contribution in [1.29, 1.82) is 0 Å². The van der Waals surface area contributed by atoms with Crippen LogP contribution < -0.4 is 0 Å². The molecule has 1 aliphatic heterocycles. The molecule has 0 aliphatic carbocycles. The Morgan fingerprint density at radius 3 is 2.46 bits per heavy atom. The predicted octanol–water partition coefficient (Wildman–Crippen LogP) is 2.14. The number of ether oxygens (including phenoxy) is 1. The fourth-order valence-electron chi connectivity index (χ4n) is 2.03. The van der Waals surface area contributed by atoms with Gasteiger partial charge in [0.2, 0.25) is 0 Å². The summed E-state index contributed by atoms with van der Waals surface area (Å²) in [5.74, 6) is 0.695. The maximum Gasteiger partial charge on any atom is 0.0624 e. The van der Waals surface area contributed by atoms with Gasteiger partial charge in [-0.05, 0) is 26.2 Å². The third-order valence-electron chi connectivity index (χ3n) is 2.85. The van der Waals surface area contributed by atoms with Gasteiger partial charge in [-0.15, -0.1) is 0 Å². The molecule has 1 heterocycles. The number of hydrogen-bond donors (Lipinski definition) is 0. The first-order chi connectivity index (χ1) is 6.13. The average Bonchev–Trinajstić information content (AvgIpc) is 2.27. The lowest BCUT2D eigenvalue weighted by atomic mass is 10.0. The highest BCUT2D eigenvalue weighted by Gasteiger charge is 2.25. The second kappa shape index (κ2) is 4.97. The first-order valence-electron chi connectivity index (χ1n) is 5.46. The van der Waals surface area contributed by atoms with E-state index >= 15 is 0 Å².